The van der Waals surface area contributed by atoms with Crippen molar-refractivity contribution in [2.24, 2.45) is 0 Å². The Kier molecular flexibility index (Phi) is 5.71. The van der Waals surface area contributed by atoms with Gasteiger partial charge in [-0.25, -0.2) is 4.39 Å². The third-order valence-electron chi connectivity index (χ3n) is 4.27. The van der Waals surface area contributed by atoms with Crippen LogP contribution >= 0.6 is 0 Å². The molecule has 0 aliphatic carbocycles. The Labute approximate surface area is 145 Å². The van der Waals surface area contributed by atoms with Crippen LogP contribution in [0.25, 0.3) is 0 Å². The van der Waals surface area contributed by atoms with Gasteiger partial charge in [0, 0.05) is 12.1 Å². The standard InChI is InChI=1S/C19H20FN3O2/c1-11-16(13(3)23-19(25)17(11)10-21)8-9-18(24)22-12(2)14-4-6-15(20)7-5-14/h4-7,12H,8-9H2,1-3H3,(H,22,24)(H,23,25)/t12-/m1/s1. The highest BCUT2D eigenvalue weighted by Crippen LogP contribution is 2.16. The zero-order chi connectivity index (χ0) is 18.6. The Bertz CT molecular complexity index is 879. The minimum Gasteiger partial charge on any atom is -0.350 e. The van der Waals surface area contributed by atoms with Crippen molar-refractivity contribution in [3.8, 4) is 6.07 Å². The van der Waals surface area contributed by atoms with Crippen LogP contribution in [-0.2, 0) is 11.2 Å². The fraction of sp³-hybridized carbons (Fsp3) is 0.316. The lowest BCUT2D eigenvalue weighted by atomic mass is 9.99. The van der Waals surface area contributed by atoms with Crippen LogP contribution < -0.4 is 10.9 Å². The van der Waals surface area contributed by atoms with E-state index in [0.717, 1.165) is 11.1 Å². The van der Waals surface area contributed by atoms with E-state index < -0.39 is 5.56 Å². The van der Waals surface area contributed by atoms with E-state index in [0.29, 0.717) is 17.7 Å². The first-order valence-corrected chi connectivity index (χ1v) is 8.00. The summed E-state index contributed by atoms with van der Waals surface area (Å²) in [5.74, 6) is -0.472. The molecule has 6 heteroatoms. The largest absolute Gasteiger partial charge is 0.350 e. The summed E-state index contributed by atoms with van der Waals surface area (Å²) in [6.45, 7) is 5.30. The van der Waals surface area contributed by atoms with Crippen LogP contribution in [0.1, 0.15) is 47.3 Å². The number of benzene rings is 1. The molecule has 0 bridgehead atoms. The molecule has 0 fully saturated rings. The molecule has 0 unspecified atom stereocenters. The normalized spacial score (nSPS) is 11.6. The number of amides is 1. The molecular formula is C19H20FN3O2. The van der Waals surface area contributed by atoms with Crippen molar-refractivity contribution < 1.29 is 9.18 Å². The summed E-state index contributed by atoms with van der Waals surface area (Å²) < 4.78 is 13.0. The molecule has 5 nitrogen and oxygen atoms in total. The first-order valence-electron chi connectivity index (χ1n) is 8.00. The number of rotatable bonds is 5. The zero-order valence-corrected chi connectivity index (χ0v) is 14.4. The maximum atomic E-state index is 13.0. The second kappa shape index (κ2) is 7.75. The van der Waals surface area contributed by atoms with Crippen molar-refractivity contribution in [3.05, 3.63) is 68.4 Å². The summed E-state index contributed by atoms with van der Waals surface area (Å²) in [7, 11) is 0. The molecule has 2 rings (SSSR count). The summed E-state index contributed by atoms with van der Waals surface area (Å²) >= 11 is 0. The molecule has 1 amide bonds. The van der Waals surface area contributed by atoms with Gasteiger partial charge in [-0.2, -0.15) is 5.26 Å². The Morgan fingerprint density at radius 2 is 1.96 bits per heavy atom. The fourth-order valence-electron chi connectivity index (χ4n) is 2.81. The number of aromatic nitrogens is 1. The van der Waals surface area contributed by atoms with Crippen LogP contribution in [0, 0.1) is 31.0 Å². The first kappa shape index (κ1) is 18.4. The maximum Gasteiger partial charge on any atom is 0.266 e. The number of hydrogen-bond acceptors (Lipinski definition) is 3. The summed E-state index contributed by atoms with van der Waals surface area (Å²) in [6, 6.07) is 7.65. The van der Waals surface area contributed by atoms with Gasteiger partial charge in [0.2, 0.25) is 5.91 Å². The van der Waals surface area contributed by atoms with Gasteiger partial charge < -0.3 is 10.3 Å². The average Bonchev–Trinajstić information content (AvgIpc) is 2.55. The molecule has 0 radical (unpaired) electrons. The Morgan fingerprint density at radius 3 is 2.56 bits per heavy atom. The number of nitrogens with one attached hydrogen (secondary N) is 2. The number of H-pyrrole nitrogens is 1. The van der Waals surface area contributed by atoms with Crippen molar-refractivity contribution in [1.29, 1.82) is 5.26 Å². The first-order chi connectivity index (χ1) is 11.8. The van der Waals surface area contributed by atoms with Gasteiger partial charge in [-0.15, -0.1) is 0 Å². The van der Waals surface area contributed by atoms with E-state index in [1.165, 1.54) is 12.1 Å². The number of hydrogen-bond donors (Lipinski definition) is 2. The van der Waals surface area contributed by atoms with Gasteiger partial charge in [0.15, 0.2) is 0 Å². The third kappa shape index (κ3) is 4.32. The lowest BCUT2D eigenvalue weighted by Gasteiger charge is -2.15. The molecule has 2 N–H and O–H groups in total. The summed E-state index contributed by atoms with van der Waals surface area (Å²) in [5.41, 5.74) is 2.58. The fourth-order valence-corrected chi connectivity index (χ4v) is 2.81. The number of carbonyl (C=O) groups excluding carboxylic acids is 1. The topological polar surface area (TPSA) is 85.8 Å². The smallest absolute Gasteiger partial charge is 0.266 e. The lowest BCUT2D eigenvalue weighted by Crippen LogP contribution is -2.27. The predicted molar refractivity (Wildman–Crippen MR) is 92.5 cm³/mol. The van der Waals surface area contributed by atoms with Crippen LogP contribution in [0.5, 0.6) is 0 Å². The Hall–Kier alpha value is -2.94. The molecule has 130 valence electrons. The van der Waals surface area contributed by atoms with Gasteiger partial charge in [-0.1, -0.05) is 12.1 Å². The molecule has 0 saturated heterocycles. The second-order valence-electron chi connectivity index (χ2n) is 6.01. The van der Waals surface area contributed by atoms with E-state index in [9.17, 15) is 14.0 Å². The van der Waals surface area contributed by atoms with Crippen LogP contribution in [0.2, 0.25) is 0 Å². The van der Waals surface area contributed by atoms with Crippen LogP contribution in [0.15, 0.2) is 29.1 Å². The minimum atomic E-state index is -0.407. The van der Waals surface area contributed by atoms with Gasteiger partial charge in [-0.3, -0.25) is 9.59 Å². The maximum absolute atomic E-state index is 13.0. The lowest BCUT2D eigenvalue weighted by molar-refractivity contribution is -0.121. The highest BCUT2D eigenvalue weighted by molar-refractivity contribution is 5.76. The van der Waals surface area contributed by atoms with Crippen LogP contribution in [-0.4, -0.2) is 10.9 Å². The SMILES string of the molecule is Cc1[nH]c(=O)c(C#N)c(C)c1CCC(=O)N[C@H](C)c1ccc(F)cc1. The molecular weight excluding hydrogens is 321 g/mol. The Morgan fingerprint density at radius 1 is 1.32 bits per heavy atom. The number of nitriles is 1. The summed E-state index contributed by atoms with van der Waals surface area (Å²) in [5, 5.41) is 11.9. The molecule has 1 atom stereocenters. The molecule has 1 heterocycles. The number of carbonyl (C=O) groups is 1. The molecule has 0 aliphatic heterocycles. The highest BCUT2D eigenvalue weighted by atomic mass is 19.1. The van der Waals surface area contributed by atoms with Crippen molar-refractivity contribution in [2.75, 3.05) is 0 Å². The number of nitrogens with zero attached hydrogens (tertiary/aromatic N) is 1. The molecule has 1 aromatic heterocycles. The number of halogens is 1. The molecule has 1 aromatic carbocycles. The van der Waals surface area contributed by atoms with Crippen LogP contribution in [0.4, 0.5) is 4.39 Å². The molecule has 0 spiro atoms. The third-order valence-corrected chi connectivity index (χ3v) is 4.27. The number of pyridine rings is 1. The van der Waals surface area contributed by atoms with Gasteiger partial charge in [-0.05, 0) is 56.0 Å². The van der Waals surface area contributed by atoms with E-state index in [2.05, 4.69) is 10.3 Å². The van der Waals surface area contributed by atoms with E-state index in [-0.39, 0.29) is 29.8 Å². The Balaban J connectivity index is 2.04. The highest BCUT2D eigenvalue weighted by Gasteiger charge is 2.14. The van der Waals surface area contributed by atoms with Gasteiger partial charge in [0.05, 0.1) is 6.04 Å². The van der Waals surface area contributed by atoms with Crippen molar-refractivity contribution in [1.82, 2.24) is 10.3 Å². The number of aromatic amines is 1. The van der Waals surface area contributed by atoms with Crippen LogP contribution in [0.3, 0.4) is 0 Å². The van der Waals surface area contributed by atoms with Crippen molar-refractivity contribution >= 4 is 5.91 Å². The zero-order valence-electron chi connectivity index (χ0n) is 14.4. The average molecular weight is 341 g/mol. The van der Waals surface area contributed by atoms with Gasteiger partial charge in [0.25, 0.3) is 5.56 Å². The predicted octanol–water partition coefficient (Wildman–Crippen LogP) is 2.81. The van der Waals surface area contributed by atoms with Gasteiger partial charge in [0.1, 0.15) is 17.4 Å². The van der Waals surface area contributed by atoms with E-state index in [1.54, 1.807) is 26.0 Å². The number of aryl methyl sites for hydroxylation is 1. The molecule has 0 aliphatic rings. The van der Waals surface area contributed by atoms with Crippen molar-refractivity contribution in [3.63, 3.8) is 0 Å². The molecule has 25 heavy (non-hydrogen) atoms. The van der Waals surface area contributed by atoms with E-state index in [4.69, 9.17) is 5.26 Å². The second-order valence-corrected chi connectivity index (χ2v) is 6.01. The van der Waals surface area contributed by atoms with Gasteiger partial charge >= 0.3 is 0 Å². The summed E-state index contributed by atoms with van der Waals surface area (Å²) in [4.78, 5) is 26.6. The quantitative estimate of drug-likeness (QED) is 0.877. The minimum absolute atomic E-state index is 0.0840. The molecule has 2 aromatic rings. The monoisotopic (exact) mass is 341 g/mol. The van der Waals surface area contributed by atoms with Crippen molar-refractivity contribution in [2.45, 2.75) is 39.7 Å². The molecule has 0 saturated carbocycles. The van der Waals surface area contributed by atoms with E-state index in [1.807, 2.05) is 13.0 Å². The van der Waals surface area contributed by atoms with E-state index >= 15 is 0 Å². The summed E-state index contributed by atoms with van der Waals surface area (Å²) in [6.07, 6.45) is 0.648.